The minimum Gasteiger partial charge on any atom is -0.491 e. The summed E-state index contributed by atoms with van der Waals surface area (Å²) in [6, 6.07) is 13.6. The summed E-state index contributed by atoms with van der Waals surface area (Å²) in [5.41, 5.74) is 3.82. The lowest BCUT2D eigenvalue weighted by atomic mass is 9.86. The third kappa shape index (κ3) is 5.09. The molecule has 30 heavy (non-hydrogen) atoms. The van der Waals surface area contributed by atoms with Crippen molar-refractivity contribution in [1.29, 1.82) is 0 Å². The van der Waals surface area contributed by atoms with Gasteiger partial charge in [0.1, 0.15) is 17.9 Å². The molecule has 0 saturated heterocycles. The monoisotopic (exact) mass is 412 g/mol. The summed E-state index contributed by atoms with van der Waals surface area (Å²) in [6.07, 6.45) is 1.64. The molecule has 3 rings (SSSR count). The summed E-state index contributed by atoms with van der Waals surface area (Å²) >= 11 is 0. The highest BCUT2D eigenvalue weighted by Crippen LogP contribution is 2.32. The van der Waals surface area contributed by atoms with E-state index < -0.39 is 17.5 Å². The lowest BCUT2D eigenvalue weighted by Gasteiger charge is -2.20. The van der Waals surface area contributed by atoms with Crippen LogP contribution in [0.25, 0.3) is 0 Å². The third-order valence-corrected chi connectivity index (χ3v) is 5.26. The molecule has 1 atom stereocenters. The number of aryl methyl sites for hydroxylation is 2. The van der Waals surface area contributed by atoms with Gasteiger partial charge in [0.25, 0.3) is 0 Å². The molecule has 0 aliphatic carbocycles. The Labute approximate surface area is 174 Å². The van der Waals surface area contributed by atoms with Gasteiger partial charge in [-0.05, 0) is 73.2 Å². The van der Waals surface area contributed by atoms with Crippen LogP contribution in [-0.2, 0) is 0 Å². The molecule has 5 heteroatoms. The topological polar surface area (TPSA) is 26.3 Å². The minimum atomic E-state index is -0.618. The van der Waals surface area contributed by atoms with Crippen LogP contribution in [0.1, 0.15) is 51.4 Å². The molecule has 3 aromatic carbocycles. The van der Waals surface area contributed by atoms with Gasteiger partial charge in [-0.2, -0.15) is 0 Å². The van der Waals surface area contributed by atoms with Gasteiger partial charge in [-0.15, -0.1) is 0 Å². The van der Waals surface area contributed by atoms with Crippen LogP contribution in [-0.4, -0.2) is 12.9 Å². The van der Waals surface area contributed by atoms with Gasteiger partial charge in [0.2, 0.25) is 0 Å². The number of rotatable bonds is 8. The van der Waals surface area contributed by atoms with Crippen molar-refractivity contribution in [3.63, 3.8) is 0 Å². The largest absolute Gasteiger partial charge is 0.491 e. The first-order valence-electron chi connectivity index (χ1n) is 9.78. The number of ether oxygens (including phenoxy) is 1. The number of carbonyl (C=O) groups excluding carboxylic acids is 1. The molecule has 0 fully saturated rings. The Morgan fingerprint density at radius 1 is 0.900 bits per heavy atom. The summed E-state index contributed by atoms with van der Waals surface area (Å²) in [7, 11) is 0. The number of benzene rings is 3. The van der Waals surface area contributed by atoms with E-state index in [0.717, 1.165) is 28.8 Å². The molecule has 0 amide bonds. The fourth-order valence-electron chi connectivity index (χ4n) is 3.44. The normalized spacial score (nSPS) is 11.9. The standard InChI is InChI=1S/C25H23F3O2/c1-16-5-7-19(12-17(16)2)21(22-9-8-20(26)14-23(22)27)4-3-11-30-25-10-6-18(15-29)13-24(25)28/h5-10,12-15,21H,3-4,11H2,1-2H3/t21-/m0/s1. The van der Waals surface area contributed by atoms with Crippen LogP contribution in [0.3, 0.4) is 0 Å². The predicted octanol–water partition coefficient (Wildman–Crippen LogP) is 6.52. The van der Waals surface area contributed by atoms with E-state index in [2.05, 4.69) is 0 Å². The van der Waals surface area contributed by atoms with Crippen molar-refractivity contribution in [2.45, 2.75) is 32.6 Å². The Morgan fingerprint density at radius 2 is 1.70 bits per heavy atom. The number of hydrogen-bond acceptors (Lipinski definition) is 2. The van der Waals surface area contributed by atoms with E-state index in [0.29, 0.717) is 24.7 Å². The zero-order valence-electron chi connectivity index (χ0n) is 16.9. The molecule has 0 aliphatic heterocycles. The van der Waals surface area contributed by atoms with E-state index in [9.17, 15) is 18.0 Å². The second-order valence-corrected chi connectivity index (χ2v) is 7.36. The van der Waals surface area contributed by atoms with Crippen LogP contribution in [0.15, 0.2) is 54.6 Å². The van der Waals surface area contributed by atoms with Crippen molar-refractivity contribution >= 4 is 6.29 Å². The molecule has 0 aromatic heterocycles. The highest BCUT2D eigenvalue weighted by atomic mass is 19.1. The van der Waals surface area contributed by atoms with Gasteiger partial charge in [-0.1, -0.05) is 24.3 Å². The minimum absolute atomic E-state index is 0.0660. The van der Waals surface area contributed by atoms with E-state index in [-0.39, 0.29) is 23.8 Å². The van der Waals surface area contributed by atoms with Gasteiger partial charge in [0.05, 0.1) is 6.61 Å². The van der Waals surface area contributed by atoms with E-state index >= 15 is 0 Å². The molecule has 0 spiro atoms. The fourth-order valence-corrected chi connectivity index (χ4v) is 3.44. The fraction of sp³-hybridized carbons (Fsp3) is 0.240. The molecule has 0 heterocycles. The third-order valence-electron chi connectivity index (χ3n) is 5.26. The second kappa shape index (κ2) is 9.61. The summed E-state index contributed by atoms with van der Waals surface area (Å²) in [4.78, 5) is 10.7. The Morgan fingerprint density at radius 3 is 2.37 bits per heavy atom. The second-order valence-electron chi connectivity index (χ2n) is 7.36. The Kier molecular flexibility index (Phi) is 6.93. The summed E-state index contributed by atoms with van der Waals surface area (Å²) < 4.78 is 47.4. The Balaban J connectivity index is 1.76. The van der Waals surface area contributed by atoms with Crippen molar-refractivity contribution in [3.8, 4) is 5.75 Å². The molecule has 0 saturated carbocycles. The van der Waals surface area contributed by atoms with E-state index in [4.69, 9.17) is 4.74 Å². The molecule has 0 radical (unpaired) electrons. The molecular formula is C25H23F3O2. The summed E-state index contributed by atoms with van der Waals surface area (Å²) in [5.74, 6) is -2.02. The zero-order valence-corrected chi connectivity index (χ0v) is 16.9. The van der Waals surface area contributed by atoms with Crippen molar-refractivity contribution < 1.29 is 22.7 Å². The maximum atomic E-state index is 14.5. The van der Waals surface area contributed by atoms with Crippen molar-refractivity contribution in [3.05, 3.63) is 99.9 Å². The van der Waals surface area contributed by atoms with Crippen LogP contribution >= 0.6 is 0 Å². The highest BCUT2D eigenvalue weighted by molar-refractivity contribution is 5.74. The number of halogens is 3. The summed E-state index contributed by atoms with van der Waals surface area (Å²) in [5, 5.41) is 0. The molecule has 2 nitrogen and oxygen atoms in total. The van der Waals surface area contributed by atoms with Crippen LogP contribution < -0.4 is 4.74 Å². The van der Waals surface area contributed by atoms with Crippen LogP contribution in [0.5, 0.6) is 5.75 Å². The molecule has 0 bridgehead atoms. The highest BCUT2D eigenvalue weighted by Gasteiger charge is 2.19. The van der Waals surface area contributed by atoms with Crippen LogP contribution in [0, 0.1) is 31.3 Å². The lowest BCUT2D eigenvalue weighted by molar-refractivity contribution is 0.112. The first-order valence-corrected chi connectivity index (χ1v) is 9.78. The molecular weight excluding hydrogens is 389 g/mol. The van der Waals surface area contributed by atoms with Gasteiger partial charge >= 0.3 is 0 Å². The van der Waals surface area contributed by atoms with E-state index in [1.165, 1.54) is 24.3 Å². The maximum Gasteiger partial charge on any atom is 0.165 e. The first kappa shape index (κ1) is 21.6. The van der Waals surface area contributed by atoms with E-state index in [1.807, 2.05) is 32.0 Å². The van der Waals surface area contributed by atoms with E-state index in [1.54, 1.807) is 0 Å². The maximum absolute atomic E-state index is 14.5. The van der Waals surface area contributed by atoms with Gasteiger partial charge in [-0.3, -0.25) is 4.79 Å². The Bertz CT molecular complexity index is 1050. The van der Waals surface area contributed by atoms with Crippen LogP contribution in [0.2, 0.25) is 0 Å². The van der Waals surface area contributed by atoms with Crippen molar-refractivity contribution in [2.24, 2.45) is 0 Å². The lowest BCUT2D eigenvalue weighted by Crippen LogP contribution is -2.08. The molecule has 0 unspecified atom stereocenters. The number of aldehydes is 1. The first-order chi connectivity index (χ1) is 14.4. The average molecular weight is 412 g/mol. The van der Waals surface area contributed by atoms with Crippen LogP contribution in [0.4, 0.5) is 13.2 Å². The molecule has 0 aliphatic rings. The SMILES string of the molecule is Cc1ccc([C@H](CCCOc2ccc(C=O)cc2F)c2ccc(F)cc2F)cc1C. The Hall–Kier alpha value is -3.08. The van der Waals surface area contributed by atoms with Gasteiger partial charge < -0.3 is 4.74 Å². The molecule has 156 valence electrons. The quantitative estimate of drug-likeness (QED) is 0.311. The van der Waals surface area contributed by atoms with Gasteiger partial charge in [0, 0.05) is 17.5 Å². The smallest absolute Gasteiger partial charge is 0.165 e. The predicted molar refractivity (Wildman–Crippen MR) is 111 cm³/mol. The molecule has 0 N–H and O–H groups in total. The zero-order chi connectivity index (χ0) is 21.7. The molecule has 3 aromatic rings. The van der Waals surface area contributed by atoms with Crippen molar-refractivity contribution in [1.82, 2.24) is 0 Å². The van der Waals surface area contributed by atoms with Gasteiger partial charge in [-0.25, -0.2) is 13.2 Å². The summed E-state index contributed by atoms with van der Waals surface area (Å²) in [6.45, 7) is 4.22. The average Bonchev–Trinajstić information content (AvgIpc) is 2.72. The number of carbonyl (C=O) groups is 1. The van der Waals surface area contributed by atoms with Gasteiger partial charge in [0.15, 0.2) is 11.6 Å². The van der Waals surface area contributed by atoms with Crippen molar-refractivity contribution in [2.75, 3.05) is 6.61 Å². The number of hydrogen-bond donors (Lipinski definition) is 0.